The number of nitrogens with zero attached hydrogens (tertiary/aromatic N) is 1. The molecule has 0 saturated heterocycles. The van der Waals surface area contributed by atoms with Crippen molar-refractivity contribution in [2.45, 2.75) is 6.54 Å². The highest BCUT2D eigenvalue weighted by Crippen LogP contribution is 2.19. The van der Waals surface area contributed by atoms with Crippen molar-refractivity contribution in [1.82, 2.24) is 10.2 Å². The molecule has 6 heteroatoms. The van der Waals surface area contributed by atoms with E-state index in [-0.39, 0.29) is 0 Å². The number of H-pyrrole nitrogens is 1. The zero-order chi connectivity index (χ0) is 16.2. The third kappa shape index (κ3) is 3.70. The minimum Gasteiger partial charge on any atom is -0.379 e. The number of hydrogen-bond acceptors (Lipinski definition) is 3. The van der Waals surface area contributed by atoms with Crippen molar-refractivity contribution in [1.29, 1.82) is 0 Å². The molecule has 23 heavy (non-hydrogen) atoms. The topological polar surface area (TPSA) is 83.8 Å². The Morgan fingerprint density at radius 1 is 1.13 bits per heavy atom. The van der Waals surface area contributed by atoms with E-state index in [1.165, 1.54) is 0 Å². The van der Waals surface area contributed by atoms with E-state index in [0.717, 1.165) is 22.6 Å². The van der Waals surface area contributed by atoms with Gasteiger partial charge in [-0.15, -0.1) is 0 Å². The highest BCUT2D eigenvalue weighted by molar-refractivity contribution is 6.30. The molecule has 0 bridgehead atoms. The third-order valence-electron chi connectivity index (χ3n) is 3.42. The van der Waals surface area contributed by atoms with E-state index < -0.39 is 5.91 Å². The number of nitrogens with one attached hydrogen (secondary N) is 2. The molecule has 0 aliphatic heterocycles. The molecule has 0 aliphatic carbocycles. The maximum atomic E-state index is 11.1. The van der Waals surface area contributed by atoms with Crippen LogP contribution in [0.3, 0.4) is 0 Å². The molecule has 116 valence electrons. The van der Waals surface area contributed by atoms with Gasteiger partial charge in [0.2, 0.25) is 5.91 Å². The van der Waals surface area contributed by atoms with Crippen molar-refractivity contribution >= 4 is 23.2 Å². The number of carbonyl (C=O) groups is 1. The molecular weight excluding hydrogens is 312 g/mol. The van der Waals surface area contributed by atoms with Gasteiger partial charge in [0.25, 0.3) is 0 Å². The van der Waals surface area contributed by atoms with Gasteiger partial charge in [-0.3, -0.25) is 9.89 Å². The predicted molar refractivity (Wildman–Crippen MR) is 91.3 cm³/mol. The Bertz CT molecular complexity index is 809. The van der Waals surface area contributed by atoms with Gasteiger partial charge in [-0.05, 0) is 42.5 Å². The van der Waals surface area contributed by atoms with Crippen molar-refractivity contribution in [3.63, 3.8) is 0 Å². The van der Waals surface area contributed by atoms with Crippen molar-refractivity contribution in [2.75, 3.05) is 5.32 Å². The lowest BCUT2D eigenvalue weighted by Crippen LogP contribution is -2.10. The van der Waals surface area contributed by atoms with Crippen molar-refractivity contribution in [2.24, 2.45) is 5.73 Å². The molecule has 1 amide bonds. The SMILES string of the molecule is NC(=O)c1ccc(-c2cc(CNc3ccc(Cl)cc3)[nH]n2)cc1. The maximum absolute atomic E-state index is 11.1. The number of primary amides is 1. The molecule has 0 atom stereocenters. The second-order valence-corrected chi connectivity index (χ2v) is 5.52. The number of aromatic amines is 1. The minimum atomic E-state index is -0.438. The predicted octanol–water partition coefficient (Wildman–Crippen LogP) is 3.44. The van der Waals surface area contributed by atoms with Crippen LogP contribution in [0.1, 0.15) is 16.1 Å². The molecule has 0 fully saturated rings. The average molecular weight is 327 g/mol. The molecule has 0 spiro atoms. The van der Waals surface area contributed by atoms with Crippen molar-refractivity contribution < 1.29 is 4.79 Å². The molecule has 0 unspecified atom stereocenters. The van der Waals surface area contributed by atoms with Crippen LogP contribution >= 0.6 is 11.6 Å². The fourth-order valence-electron chi connectivity index (χ4n) is 2.17. The van der Waals surface area contributed by atoms with Crippen molar-refractivity contribution in [3.05, 3.63) is 70.9 Å². The number of aromatic nitrogens is 2. The largest absolute Gasteiger partial charge is 0.379 e. The molecule has 3 aromatic rings. The van der Waals surface area contributed by atoms with E-state index in [4.69, 9.17) is 17.3 Å². The van der Waals surface area contributed by atoms with Gasteiger partial charge in [-0.2, -0.15) is 5.10 Å². The summed E-state index contributed by atoms with van der Waals surface area (Å²) in [6.07, 6.45) is 0. The summed E-state index contributed by atoms with van der Waals surface area (Å²) in [5.74, 6) is -0.438. The lowest BCUT2D eigenvalue weighted by Gasteiger charge is -2.04. The van der Waals surface area contributed by atoms with Crippen LogP contribution in [0.15, 0.2) is 54.6 Å². The first-order valence-electron chi connectivity index (χ1n) is 7.06. The van der Waals surface area contributed by atoms with Crippen LogP contribution in [0.4, 0.5) is 5.69 Å². The van der Waals surface area contributed by atoms with Crippen molar-refractivity contribution in [3.8, 4) is 11.3 Å². The average Bonchev–Trinajstić information content (AvgIpc) is 3.03. The molecule has 1 heterocycles. The van der Waals surface area contributed by atoms with E-state index >= 15 is 0 Å². The lowest BCUT2D eigenvalue weighted by atomic mass is 10.1. The molecule has 4 N–H and O–H groups in total. The molecule has 0 saturated carbocycles. The third-order valence-corrected chi connectivity index (χ3v) is 3.68. The second-order valence-electron chi connectivity index (χ2n) is 5.08. The maximum Gasteiger partial charge on any atom is 0.248 e. The van der Waals surface area contributed by atoms with Gasteiger partial charge < -0.3 is 11.1 Å². The molecule has 1 aromatic heterocycles. The van der Waals surface area contributed by atoms with Crippen LogP contribution < -0.4 is 11.1 Å². The summed E-state index contributed by atoms with van der Waals surface area (Å²) in [6.45, 7) is 0.619. The van der Waals surface area contributed by atoms with Crippen LogP contribution in [-0.4, -0.2) is 16.1 Å². The first-order valence-corrected chi connectivity index (χ1v) is 7.43. The highest BCUT2D eigenvalue weighted by atomic mass is 35.5. The second kappa shape index (κ2) is 6.54. The zero-order valence-electron chi connectivity index (χ0n) is 12.2. The fraction of sp³-hybridized carbons (Fsp3) is 0.0588. The normalized spacial score (nSPS) is 10.5. The van der Waals surface area contributed by atoms with E-state index in [9.17, 15) is 4.79 Å². The lowest BCUT2D eigenvalue weighted by molar-refractivity contribution is 0.100. The van der Waals surface area contributed by atoms with Crippen LogP contribution in [-0.2, 0) is 6.54 Å². The van der Waals surface area contributed by atoms with Gasteiger partial charge in [0, 0.05) is 21.8 Å². The summed E-state index contributed by atoms with van der Waals surface area (Å²) in [7, 11) is 0. The quantitative estimate of drug-likeness (QED) is 0.671. The molecule has 5 nitrogen and oxygen atoms in total. The summed E-state index contributed by atoms with van der Waals surface area (Å²) in [4.78, 5) is 11.1. The van der Waals surface area contributed by atoms with E-state index in [2.05, 4.69) is 15.5 Å². The van der Waals surface area contributed by atoms with Crippen LogP contribution in [0.2, 0.25) is 5.02 Å². The van der Waals surface area contributed by atoms with E-state index in [1.54, 1.807) is 12.1 Å². The molecule has 0 aliphatic rings. The summed E-state index contributed by atoms with van der Waals surface area (Å²) in [5, 5.41) is 11.3. The van der Waals surface area contributed by atoms with Gasteiger partial charge >= 0.3 is 0 Å². The van der Waals surface area contributed by atoms with Gasteiger partial charge in [-0.25, -0.2) is 0 Å². The number of carbonyl (C=O) groups excluding carboxylic acids is 1. The van der Waals surface area contributed by atoms with E-state index in [1.807, 2.05) is 42.5 Å². The Balaban J connectivity index is 1.67. The van der Waals surface area contributed by atoms with Crippen LogP contribution in [0.5, 0.6) is 0 Å². The summed E-state index contributed by atoms with van der Waals surface area (Å²) < 4.78 is 0. The van der Waals surface area contributed by atoms with E-state index in [0.29, 0.717) is 17.1 Å². The Morgan fingerprint density at radius 3 is 2.48 bits per heavy atom. The Labute approximate surface area is 138 Å². The summed E-state index contributed by atoms with van der Waals surface area (Å²) >= 11 is 5.86. The van der Waals surface area contributed by atoms with Gasteiger partial charge in [-0.1, -0.05) is 23.7 Å². The minimum absolute atomic E-state index is 0.438. The number of halogens is 1. The summed E-state index contributed by atoms with van der Waals surface area (Å²) in [6, 6.07) is 16.5. The zero-order valence-corrected chi connectivity index (χ0v) is 13.0. The number of hydrogen-bond donors (Lipinski definition) is 3. The first kappa shape index (κ1) is 15.1. The van der Waals surface area contributed by atoms with Gasteiger partial charge in [0.15, 0.2) is 0 Å². The van der Waals surface area contributed by atoms with Crippen LogP contribution in [0, 0.1) is 0 Å². The standard InChI is InChI=1S/C17H15ClN4O/c18-13-5-7-14(8-6-13)20-10-15-9-16(22-21-15)11-1-3-12(4-2-11)17(19)23/h1-9,20H,10H2,(H2,19,23)(H,21,22). The monoisotopic (exact) mass is 326 g/mol. The smallest absolute Gasteiger partial charge is 0.248 e. The molecular formula is C17H15ClN4O. The fourth-order valence-corrected chi connectivity index (χ4v) is 2.30. The molecule has 0 radical (unpaired) electrons. The Hall–Kier alpha value is -2.79. The number of benzene rings is 2. The van der Waals surface area contributed by atoms with Crippen LogP contribution in [0.25, 0.3) is 11.3 Å². The first-order chi connectivity index (χ1) is 11.1. The molecule has 2 aromatic carbocycles. The number of amides is 1. The summed E-state index contributed by atoms with van der Waals surface area (Å²) in [5.41, 5.74) is 9.38. The van der Waals surface area contributed by atoms with Gasteiger partial charge in [0.05, 0.1) is 17.9 Å². The Morgan fingerprint density at radius 2 is 1.83 bits per heavy atom. The Kier molecular flexibility index (Phi) is 4.30. The van der Waals surface area contributed by atoms with Gasteiger partial charge in [0.1, 0.15) is 0 Å². The highest BCUT2D eigenvalue weighted by Gasteiger charge is 2.06. The molecule has 3 rings (SSSR count). The number of rotatable bonds is 5. The number of anilines is 1. The number of nitrogens with two attached hydrogens (primary N) is 1.